The summed E-state index contributed by atoms with van der Waals surface area (Å²) in [6.07, 6.45) is 3.44. The normalized spacial score (nSPS) is 22.8. The highest BCUT2D eigenvalue weighted by molar-refractivity contribution is 5.83. The summed E-state index contributed by atoms with van der Waals surface area (Å²) in [6, 6.07) is 8.20. The Kier molecular flexibility index (Phi) is 4.45. The SMILES string of the molecule is CC1CC(C(=O)NC(CO)Cc2c[nH]c3ccccc23)CN1. The van der Waals surface area contributed by atoms with Crippen molar-refractivity contribution in [2.45, 2.75) is 31.8 Å². The van der Waals surface area contributed by atoms with Gasteiger partial charge in [0, 0.05) is 29.7 Å². The van der Waals surface area contributed by atoms with E-state index < -0.39 is 0 Å². The van der Waals surface area contributed by atoms with Gasteiger partial charge in [0.15, 0.2) is 0 Å². The number of carbonyl (C=O) groups excluding carboxylic acids is 1. The zero-order valence-electron chi connectivity index (χ0n) is 12.8. The maximum Gasteiger partial charge on any atom is 0.224 e. The number of hydrogen-bond acceptors (Lipinski definition) is 3. The van der Waals surface area contributed by atoms with Gasteiger partial charge in [-0.25, -0.2) is 0 Å². The number of fused-ring (bicyclic) bond motifs is 1. The molecule has 1 aliphatic rings. The van der Waals surface area contributed by atoms with Crippen LogP contribution in [-0.2, 0) is 11.2 Å². The van der Waals surface area contributed by atoms with Crippen molar-refractivity contribution in [3.05, 3.63) is 36.0 Å². The third-order valence-electron chi connectivity index (χ3n) is 4.43. The number of amides is 1. The van der Waals surface area contributed by atoms with Crippen molar-refractivity contribution in [1.82, 2.24) is 15.6 Å². The molecule has 1 aromatic carbocycles. The van der Waals surface area contributed by atoms with Gasteiger partial charge in [-0.3, -0.25) is 4.79 Å². The Balaban J connectivity index is 1.65. The Hall–Kier alpha value is -1.85. The first-order valence-electron chi connectivity index (χ1n) is 7.87. The molecule has 0 bridgehead atoms. The van der Waals surface area contributed by atoms with Crippen LogP contribution in [0.4, 0.5) is 0 Å². The van der Waals surface area contributed by atoms with E-state index in [9.17, 15) is 9.90 Å². The number of carbonyl (C=O) groups is 1. The number of aliphatic hydroxyl groups excluding tert-OH is 1. The van der Waals surface area contributed by atoms with Crippen LogP contribution in [0.3, 0.4) is 0 Å². The Bertz CT molecular complexity index is 652. The summed E-state index contributed by atoms with van der Waals surface area (Å²) in [5.41, 5.74) is 2.20. The number of aromatic amines is 1. The number of para-hydroxylation sites is 1. The fourth-order valence-corrected chi connectivity index (χ4v) is 3.18. The average molecular weight is 301 g/mol. The van der Waals surface area contributed by atoms with Crippen LogP contribution >= 0.6 is 0 Å². The van der Waals surface area contributed by atoms with Crippen molar-refractivity contribution in [3.63, 3.8) is 0 Å². The molecule has 2 aromatic rings. The molecule has 3 rings (SSSR count). The second kappa shape index (κ2) is 6.50. The van der Waals surface area contributed by atoms with Crippen molar-refractivity contribution in [2.24, 2.45) is 5.92 Å². The van der Waals surface area contributed by atoms with Gasteiger partial charge in [-0.1, -0.05) is 18.2 Å². The maximum atomic E-state index is 12.3. The number of aromatic nitrogens is 1. The smallest absolute Gasteiger partial charge is 0.224 e. The molecule has 1 amide bonds. The van der Waals surface area contributed by atoms with Crippen LogP contribution in [0.2, 0.25) is 0 Å². The Morgan fingerprint density at radius 2 is 2.27 bits per heavy atom. The molecule has 4 N–H and O–H groups in total. The van der Waals surface area contributed by atoms with E-state index in [1.807, 2.05) is 24.4 Å². The van der Waals surface area contributed by atoms with Gasteiger partial charge in [0.05, 0.1) is 18.6 Å². The molecule has 1 aliphatic heterocycles. The van der Waals surface area contributed by atoms with Crippen LogP contribution in [0, 0.1) is 5.92 Å². The minimum atomic E-state index is -0.248. The maximum absolute atomic E-state index is 12.3. The lowest BCUT2D eigenvalue weighted by atomic mass is 10.0. The summed E-state index contributed by atoms with van der Waals surface area (Å²) >= 11 is 0. The summed E-state index contributed by atoms with van der Waals surface area (Å²) in [6.45, 7) is 2.75. The van der Waals surface area contributed by atoms with Crippen LogP contribution in [0.25, 0.3) is 10.9 Å². The third kappa shape index (κ3) is 3.15. The molecule has 3 unspecified atom stereocenters. The number of H-pyrrole nitrogens is 1. The molecule has 0 spiro atoms. The standard InChI is InChI=1S/C17H23N3O2/c1-11-6-13(9-18-11)17(22)20-14(10-21)7-12-8-19-16-5-3-2-4-15(12)16/h2-5,8,11,13-14,18-19,21H,6-7,9-10H2,1H3,(H,20,22). The molecule has 0 aliphatic carbocycles. The molecule has 0 saturated carbocycles. The van der Waals surface area contributed by atoms with Crippen LogP contribution < -0.4 is 10.6 Å². The molecule has 2 heterocycles. The van der Waals surface area contributed by atoms with Gasteiger partial charge < -0.3 is 20.7 Å². The van der Waals surface area contributed by atoms with Crippen LogP contribution in [-0.4, -0.2) is 41.2 Å². The van der Waals surface area contributed by atoms with Gasteiger partial charge in [-0.05, 0) is 31.4 Å². The summed E-state index contributed by atoms with van der Waals surface area (Å²) in [4.78, 5) is 15.5. The second-order valence-electron chi connectivity index (χ2n) is 6.19. The molecular formula is C17H23N3O2. The highest BCUT2D eigenvalue weighted by Gasteiger charge is 2.28. The Labute approximate surface area is 130 Å². The first kappa shape index (κ1) is 15.1. The van der Waals surface area contributed by atoms with Crippen LogP contribution in [0.15, 0.2) is 30.5 Å². The average Bonchev–Trinajstić information content (AvgIpc) is 3.13. The lowest BCUT2D eigenvalue weighted by Crippen LogP contribution is -2.42. The van der Waals surface area contributed by atoms with Gasteiger partial charge in [0.25, 0.3) is 0 Å². The van der Waals surface area contributed by atoms with Crippen molar-refractivity contribution in [1.29, 1.82) is 0 Å². The van der Waals surface area contributed by atoms with Crippen molar-refractivity contribution < 1.29 is 9.90 Å². The van der Waals surface area contributed by atoms with E-state index in [4.69, 9.17) is 0 Å². The zero-order valence-corrected chi connectivity index (χ0v) is 12.8. The predicted molar refractivity (Wildman–Crippen MR) is 86.6 cm³/mol. The topological polar surface area (TPSA) is 77.2 Å². The summed E-state index contributed by atoms with van der Waals surface area (Å²) < 4.78 is 0. The van der Waals surface area contributed by atoms with Crippen LogP contribution in [0.5, 0.6) is 0 Å². The Morgan fingerprint density at radius 3 is 3.00 bits per heavy atom. The molecule has 3 atom stereocenters. The third-order valence-corrected chi connectivity index (χ3v) is 4.43. The fourth-order valence-electron chi connectivity index (χ4n) is 3.18. The first-order chi connectivity index (χ1) is 10.7. The van der Waals surface area contributed by atoms with E-state index >= 15 is 0 Å². The molecule has 0 radical (unpaired) electrons. The molecule has 5 heteroatoms. The van der Waals surface area contributed by atoms with E-state index in [2.05, 4.69) is 28.6 Å². The largest absolute Gasteiger partial charge is 0.394 e. The van der Waals surface area contributed by atoms with E-state index in [1.54, 1.807) is 0 Å². The number of hydrogen-bond donors (Lipinski definition) is 4. The highest BCUT2D eigenvalue weighted by atomic mass is 16.3. The summed E-state index contributed by atoms with van der Waals surface area (Å²) in [5.74, 6) is 0.0442. The first-order valence-corrected chi connectivity index (χ1v) is 7.87. The summed E-state index contributed by atoms with van der Waals surface area (Å²) in [7, 11) is 0. The van der Waals surface area contributed by atoms with Gasteiger partial charge >= 0.3 is 0 Å². The van der Waals surface area contributed by atoms with Gasteiger partial charge in [-0.15, -0.1) is 0 Å². The zero-order chi connectivity index (χ0) is 15.5. The van der Waals surface area contributed by atoms with E-state index in [0.717, 1.165) is 29.4 Å². The molecule has 1 aromatic heterocycles. The van der Waals surface area contributed by atoms with Crippen LogP contribution in [0.1, 0.15) is 18.9 Å². The van der Waals surface area contributed by atoms with Crippen molar-refractivity contribution in [2.75, 3.05) is 13.2 Å². The lowest BCUT2D eigenvalue weighted by Gasteiger charge is -2.18. The van der Waals surface area contributed by atoms with E-state index in [0.29, 0.717) is 12.5 Å². The summed E-state index contributed by atoms with van der Waals surface area (Å²) in [5, 5.41) is 17.0. The Morgan fingerprint density at radius 1 is 1.45 bits per heavy atom. The van der Waals surface area contributed by atoms with Gasteiger partial charge in [0.2, 0.25) is 5.91 Å². The van der Waals surface area contributed by atoms with Gasteiger partial charge in [0.1, 0.15) is 0 Å². The number of rotatable bonds is 5. The van der Waals surface area contributed by atoms with Crippen molar-refractivity contribution in [3.8, 4) is 0 Å². The van der Waals surface area contributed by atoms with Crippen molar-refractivity contribution >= 4 is 16.8 Å². The lowest BCUT2D eigenvalue weighted by molar-refractivity contribution is -0.125. The predicted octanol–water partition coefficient (Wildman–Crippen LogP) is 1.19. The molecular weight excluding hydrogens is 278 g/mol. The van der Waals surface area contributed by atoms with Gasteiger partial charge in [-0.2, -0.15) is 0 Å². The monoisotopic (exact) mass is 301 g/mol. The number of aliphatic hydroxyl groups is 1. The minimum absolute atomic E-state index is 0.00650. The van der Waals surface area contributed by atoms with E-state index in [1.165, 1.54) is 0 Å². The molecule has 5 nitrogen and oxygen atoms in total. The molecule has 118 valence electrons. The molecule has 1 saturated heterocycles. The quantitative estimate of drug-likeness (QED) is 0.670. The second-order valence-corrected chi connectivity index (χ2v) is 6.19. The molecule has 1 fully saturated rings. The highest BCUT2D eigenvalue weighted by Crippen LogP contribution is 2.19. The molecule has 22 heavy (non-hydrogen) atoms. The minimum Gasteiger partial charge on any atom is -0.394 e. The number of nitrogens with one attached hydrogen (secondary N) is 3. The van der Waals surface area contributed by atoms with E-state index in [-0.39, 0.29) is 24.5 Å². The fraction of sp³-hybridized carbons (Fsp3) is 0.471. The number of benzene rings is 1.